The van der Waals surface area contributed by atoms with Crippen molar-refractivity contribution in [3.8, 4) is 0 Å². The lowest BCUT2D eigenvalue weighted by Gasteiger charge is -2.37. The molecule has 104 valence electrons. The summed E-state index contributed by atoms with van der Waals surface area (Å²) in [6, 6.07) is 2.38. The molecule has 2 aliphatic rings. The van der Waals surface area contributed by atoms with E-state index in [1.807, 2.05) is 18.5 Å². The van der Waals surface area contributed by atoms with Gasteiger partial charge in [0.25, 0.3) is 0 Å². The molecule has 0 radical (unpaired) electrons. The summed E-state index contributed by atoms with van der Waals surface area (Å²) in [5.41, 5.74) is 0. The molecule has 1 aliphatic heterocycles. The highest BCUT2D eigenvalue weighted by Gasteiger charge is 2.36. The maximum Gasteiger partial charge on any atom is 0.142 e. The molecule has 1 aromatic heterocycles. The van der Waals surface area contributed by atoms with Crippen LogP contribution in [0.3, 0.4) is 0 Å². The molecule has 0 amide bonds. The standard InChI is InChI=1S/C15H23N3O/c19-14-7-2-1-5-12(14)13-6-3-10-18(13)11-15-16-8-4-9-17-15/h4,8-9,12-14,19H,1-3,5-7,10-11H2/t12-,13+,14+/m0/s1. The van der Waals surface area contributed by atoms with Gasteiger partial charge in [-0.2, -0.15) is 0 Å². The van der Waals surface area contributed by atoms with Gasteiger partial charge in [-0.05, 0) is 38.3 Å². The van der Waals surface area contributed by atoms with E-state index in [2.05, 4.69) is 14.9 Å². The van der Waals surface area contributed by atoms with Gasteiger partial charge in [-0.3, -0.25) is 4.90 Å². The van der Waals surface area contributed by atoms with Gasteiger partial charge in [0.05, 0.1) is 12.6 Å². The molecule has 1 N–H and O–H groups in total. The summed E-state index contributed by atoms with van der Waals surface area (Å²) < 4.78 is 0. The van der Waals surface area contributed by atoms with Crippen LogP contribution < -0.4 is 0 Å². The Bertz CT molecular complexity index is 398. The van der Waals surface area contributed by atoms with Crippen LogP contribution in [0.2, 0.25) is 0 Å². The lowest BCUT2D eigenvalue weighted by molar-refractivity contribution is 0.0195. The second kappa shape index (κ2) is 5.97. The molecule has 0 aromatic carbocycles. The summed E-state index contributed by atoms with van der Waals surface area (Å²) in [4.78, 5) is 11.1. The molecule has 0 spiro atoms. The number of nitrogens with zero attached hydrogens (tertiary/aromatic N) is 3. The van der Waals surface area contributed by atoms with Crippen molar-refractivity contribution in [3.05, 3.63) is 24.3 Å². The minimum atomic E-state index is -0.101. The van der Waals surface area contributed by atoms with Crippen LogP contribution in [-0.2, 0) is 6.54 Å². The molecule has 1 aromatic rings. The normalized spacial score (nSPS) is 32.6. The first kappa shape index (κ1) is 13.0. The van der Waals surface area contributed by atoms with E-state index in [4.69, 9.17) is 0 Å². The van der Waals surface area contributed by atoms with Gasteiger partial charge < -0.3 is 5.11 Å². The average molecular weight is 261 g/mol. The summed E-state index contributed by atoms with van der Waals surface area (Å²) >= 11 is 0. The number of likely N-dealkylation sites (tertiary alicyclic amines) is 1. The van der Waals surface area contributed by atoms with E-state index in [0.29, 0.717) is 12.0 Å². The van der Waals surface area contributed by atoms with E-state index in [9.17, 15) is 5.11 Å². The minimum Gasteiger partial charge on any atom is -0.393 e. The Balaban J connectivity index is 1.67. The Labute approximate surface area is 114 Å². The van der Waals surface area contributed by atoms with Gasteiger partial charge in [0.15, 0.2) is 0 Å². The summed E-state index contributed by atoms with van der Waals surface area (Å²) in [5.74, 6) is 1.36. The van der Waals surface area contributed by atoms with Crippen molar-refractivity contribution >= 4 is 0 Å². The lowest BCUT2D eigenvalue weighted by atomic mass is 9.80. The summed E-state index contributed by atoms with van der Waals surface area (Å²) in [6.07, 6.45) is 10.6. The Morgan fingerprint density at radius 1 is 1.11 bits per heavy atom. The van der Waals surface area contributed by atoms with Crippen molar-refractivity contribution in [2.24, 2.45) is 5.92 Å². The quantitative estimate of drug-likeness (QED) is 0.904. The van der Waals surface area contributed by atoms with Crippen molar-refractivity contribution in [3.63, 3.8) is 0 Å². The smallest absolute Gasteiger partial charge is 0.142 e. The summed E-state index contributed by atoms with van der Waals surface area (Å²) in [6.45, 7) is 1.95. The first-order chi connectivity index (χ1) is 9.34. The average Bonchev–Trinajstić information content (AvgIpc) is 2.88. The van der Waals surface area contributed by atoms with Crippen LogP contribution in [0.25, 0.3) is 0 Å². The summed E-state index contributed by atoms with van der Waals surface area (Å²) in [7, 11) is 0. The van der Waals surface area contributed by atoms with Crippen LogP contribution in [-0.4, -0.2) is 38.7 Å². The Morgan fingerprint density at radius 3 is 2.68 bits per heavy atom. The van der Waals surface area contributed by atoms with Gasteiger partial charge in [-0.15, -0.1) is 0 Å². The van der Waals surface area contributed by atoms with Crippen LogP contribution >= 0.6 is 0 Å². The third-order valence-corrected chi connectivity index (χ3v) is 4.65. The topological polar surface area (TPSA) is 49.2 Å². The third-order valence-electron chi connectivity index (χ3n) is 4.65. The Morgan fingerprint density at radius 2 is 1.89 bits per heavy atom. The first-order valence-corrected chi connectivity index (χ1v) is 7.52. The van der Waals surface area contributed by atoms with Crippen molar-refractivity contribution < 1.29 is 5.11 Å². The molecule has 0 unspecified atom stereocenters. The highest BCUT2D eigenvalue weighted by molar-refractivity contribution is 4.94. The van der Waals surface area contributed by atoms with Crippen molar-refractivity contribution in [1.29, 1.82) is 0 Å². The van der Waals surface area contributed by atoms with Crippen LogP contribution in [0.15, 0.2) is 18.5 Å². The molecular formula is C15H23N3O. The number of aliphatic hydroxyl groups is 1. The molecule has 1 saturated carbocycles. The van der Waals surface area contributed by atoms with Gasteiger partial charge in [-0.1, -0.05) is 12.8 Å². The molecule has 0 bridgehead atoms. The Hall–Kier alpha value is -1.00. The molecule has 4 heteroatoms. The van der Waals surface area contributed by atoms with Crippen LogP contribution in [0, 0.1) is 5.92 Å². The molecule has 4 nitrogen and oxygen atoms in total. The fourth-order valence-corrected chi connectivity index (χ4v) is 3.72. The van der Waals surface area contributed by atoms with Gasteiger partial charge in [0.2, 0.25) is 0 Å². The maximum absolute atomic E-state index is 10.3. The van der Waals surface area contributed by atoms with Crippen LogP contribution in [0.4, 0.5) is 0 Å². The van der Waals surface area contributed by atoms with Crippen molar-refractivity contribution in [2.45, 2.75) is 57.2 Å². The predicted octanol–water partition coefficient (Wildman–Crippen LogP) is 1.99. The maximum atomic E-state index is 10.3. The van der Waals surface area contributed by atoms with Crippen LogP contribution in [0.1, 0.15) is 44.3 Å². The van der Waals surface area contributed by atoms with E-state index in [1.54, 1.807) is 0 Å². The highest BCUT2D eigenvalue weighted by Crippen LogP contribution is 2.35. The molecule has 3 rings (SSSR count). The zero-order valence-electron chi connectivity index (χ0n) is 11.4. The highest BCUT2D eigenvalue weighted by atomic mass is 16.3. The van der Waals surface area contributed by atoms with Gasteiger partial charge in [0, 0.05) is 24.4 Å². The molecular weight excluding hydrogens is 238 g/mol. The zero-order chi connectivity index (χ0) is 13.1. The number of hydrogen-bond acceptors (Lipinski definition) is 4. The second-order valence-corrected chi connectivity index (χ2v) is 5.86. The van der Waals surface area contributed by atoms with Crippen molar-refractivity contribution in [1.82, 2.24) is 14.9 Å². The van der Waals surface area contributed by atoms with Gasteiger partial charge in [0.1, 0.15) is 5.82 Å². The Kier molecular flexibility index (Phi) is 4.09. The third kappa shape index (κ3) is 2.95. The number of aromatic nitrogens is 2. The van der Waals surface area contributed by atoms with Crippen molar-refractivity contribution in [2.75, 3.05) is 6.54 Å². The van der Waals surface area contributed by atoms with E-state index < -0.39 is 0 Å². The SMILES string of the molecule is O[C@@H]1CCCC[C@H]1[C@H]1CCCN1Cc1ncccn1. The minimum absolute atomic E-state index is 0.101. The van der Waals surface area contributed by atoms with E-state index >= 15 is 0 Å². The largest absolute Gasteiger partial charge is 0.393 e. The molecule has 3 atom stereocenters. The van der Waals surface area contributed by atoms with E-state index in [1.165, 1.54) is 32.1 Å². The monoisotopic (exact) mass is 261 g/mol. The first-order valence-electron chi connectivity index (χ1n) is 7.52. The van der Waals surface area contributed by atoms with Crippen LogP contribution in [0.5, 0.6) is 0 Å². The van der Waals surface area contributed by atoms with E-state index in [0.717, 1.165) is 25.3 Å². The molecule has 19 heavy (non-hydrogen) atoms. The fourth-order valence-electron chi connectivity index (χ4n) is 3.72. The second-order valence-electron chi connectivity index (χ2n) is 5.86. The van der Waals surface area contributed by atoms with E-state index in [-0.39, 0.29) is 6.10 Å². The predicted molar refractivity (Wildman–Crippen MR) is 73.4 cm³/mol. The van der Waals surface area contributed by atoms with Gasteiger partial charge in [-0.25, -0.2) is 9.97 Å². The molecule has 1 aliphatic carbocycles. The fraction of sp³-hybridized carbons (Fsp3) is 0.733. The number of aliphatic hydroxyl groups excluding tert-OH is 1. The molecule has 1 saturated heterocycles. The zero-order valence-corrected chi connectivity index (χ0v) is 11.4. The molecule has 2 heterocycles. The summed E-state index contributed by atoms with van der Waals surface area (Å²) in [5, 5.41) is 10.3. The lowest BCUT2D eigenvalue weighted by Crippen LogP contribution is -2.42. The number of hydrogen-bond donors (Lipinski definition) is 1. The number of rotatable bonds is 3. The van der Waals surface area contributed by atoms with Gasteiger partial charge >= 0.3 is 0 Å². The molecule has 2 fully saturated rings.